The third-order valence-corrected chi connectivity index (χ3v) is 8.41. The molecular weight excluding hydrogens is 420 g/mol. The van der Waals surface area contributed by atoms with E-state index in [9.17, 15) is 16.8 Å². The lowest BCUT2D eigenvalue weighted by molar-refractivity contribution is 0.571. The Hall–Kier alpha value is -2.97. The fourth-order valence-electron chi connectivity index (χ4n) is 3.29. The lowest BCUT2D eigenvalue weighted by Crippen LogP contribution is -2.19. The van der Waals surface area contributed by atoms with Crippen LogP contribution in [0.15, 0.2) is 93.9 Å². The molecule has 30 heavy (non-hydrogen) atoms. The number of hydrogen-bond donors (Lipinski definition) is 0. The van der Waals surface area contributed by atoms with Crippen LogP contribution in [0, 0.1) is 0 Å². The molecule has 0 atom stereocenters. The Bertz CT molecular complexity index is 1420. The third-order valence-electron chi connectivity index (χ3n) is 4.91. The molecule has 2 aromatic carbocycles. The number of rotatable bonds is 5. The molecule has 0 saturated carbocycles. The largest absolute Gasteiger partial charge is 0.286 e. The number of para-hydroxylation sites is 1. The van der Waals surface area contributed by atoms with Crippen molar-refractivity contribution < 1.29 is 16.8 Å². The summed E-state index contributed by atoms with van der Waals surface area (Å²) < 4.78 is 54.6. The molecule has 2 heterocycles. The van der Waals surface area contributed by atoms with Crippen LogP contribution < -0.4 is 0 Å². The topological polar surface area (TPSA) is 86.1 Å². The van der Waals surface area contributed by atoms with E-state index < -0.39 is 19.9 Å². The van der Waals surface area contributed by atoms with Gasteiger partial charge in [-0.15, -0.1) is 0 Å². The molecule has 0 bridgehead atoms. The van der Waals surface area contributed by atoms with Gasteiger partial charge in [-0.1, -0.05) is 50.2 Å². The van der Waals surface area contributed by atoms with Crippen LogP contribution in [0.2, 0.25) is 0 Å². The summed E-state index contributed by atoms with van der Waals surface area (Å²) in [5.41, 5.74) is 1.27. The molecule has 0 aliphatic carbocycles. The molecule has 0 spiro atoms. The van der Waals surface area contributed by atoms with E-state index in [1.54, 1.807) is 48.5 Å². The Kier molecular flexibility index (Phi) is 4.99. The van der Waals surface area contributed by atoms with Gasteiger partial charge in [0.15, 0.2) is 10.1 Å². The highest BCUT2D eigenvalue weighted by atomic mass is 32.2. The monoisotopic (exact) mass is 440 g/mol. The molecule has 4 rings (SSSR count). The third kappa shape index (κ3) is 3.32. The number of fused-ring (bicyclic) bond motifs is 1. The first-order chi connectivity index (χ1) is 14.2. The molecule has 4 aromatic rings. The zero-order valence-corrected chi connectivity index (χ0v) is 18.1. The van der Waals surface area contributed by atoms with Gasteiger partial charge in [0.1, 0.15) is 0 Å². The van der Waals surface area contributed by atoms with Crippen LogP contribution in [-0.4, -0.2) is 25.8 Å². The van der Waals surface area contributed by atoms with Crippen molar-refractivity contribution in [3.05, 3.63) is 84.6 Å². The molecule has 0 amide bonds. The first-order valence-corrected chi connectivity index (χ1v) is 12.3. The Morgan fingerprint density at radius 1 is 0.833 bits per heavy atom. The predicted molar refractivity (Wildman–Crippen MR) is 115 cm³/mol. The minimum absolute atomic E-state index is 0.0344. The van der Waals surface area contributed by atoms with Crippen molar-refractivity contribution in [2.75, 3.05) is 0 Å². The molecule has 0 aliphatic heterocycles. The second-order valence-electron chi connectivity index (χ2n) is 7.21. The average molecular weight is 441 g/mol. The van der Waals surface area contributed by atoms with Gasteiger partial charge in [-0.05, 0) is 47.9 Å². The van der Waals surface area contributed by atoms with Gasteiger partial charge < -0.3 is 0 Å². The van der Waals surface area contributed by atoms with E-state index in [0.29, 0.717) is 5.39 Å². The number of aromatic nitrogens is 2. The lowest BCUT2D eigenvalue weighted by Gasteiger charge is -2.12. The Morgan fingerprint density at radius 3 is 2.13 bits per heavy atom. The maximum Gasteiger partial charge on any atom is 0.286 e. The van der Waals surface area contributed by atoms with Gasteiger partial charge >= 0.3 is 0 Å². The summed E-state index contributed by atoms with van der Waals surface area (Å²) in [4.78, 5) is 3.97. The van der Waals surface area contributed by atoms with Crippen molar-refractivity contribution in [3.8, 4) is 0 Å². The van der Waals surface area contributed by atoms with Crippen molar-refractivity contribution >= 4 is 30.8 Å². The van der Waals surface area contributed by atoms with E-state index in [0.717, 1.165) is 9.54 Å². The zero-order chi connectivity index (χ0) is 21.5. The molecule has 0 saturated heterocycles. The number of pyridine rings is 1. The highest BCUT2D eigenvalue weighted by molar-refractivity contribution is 7.93. The lowest BCUT2D eigenvalue weighted by atomic mass is 10.0. The fraction of sp³-hybridized carbons (Fsp3) is 0.136. The highest BCUT2D eigenvalue weighted by Gasteiger charge is 2.31. The van der Waals surface area contributed by atoms with E-state index >= 15 is 0 Å². The van der Waals surface area contributed by atoms with Gasteiger partial charge in [-0.2, -0.15) is 8.42 Å². The molecule has 2 aromatic heterocycles. The van der Waals surface area contributed by atoms with E-state index in [1.165, 1.54) is 30.5 Å². The van der Waals surface area contributed by atoms with Crippen LogP contribution in [-0.2, 0) is 19.9 Å². The second-order valence-corrected chi connectivity index (χ2v) is 10.8. The Labute approximate surface area is 175 Å². The molecule has 0 radical (unpaired) electrons. The summed E-state index contributed by atoms with van der Waals surface area (Å²) in [5, 5.41) is -0.0287. The number of nitrogens with zero attached hydrogens (tertiary/aromatic N) is 2. The summed E-state index contributed by atoms with van der Waals surface area (Å²) in [6.45, 7) is 4.03. The Balaban J connectivity index is 1.99. The Morgan fingerprint density at radius 2 is 1.50 bits per heavy atom. The van der Waals surface area contributed by atoms with E-state index in [4.69, 9.17) is 0 Å². The molecule has 6 nitrogen and oxygen atoms in total. The van der Waals surface area contributed by atoms with Gasteiger partial charge in [0.05, 0.1) is 10.4 Å². The quantitative estimate of drug-likeness (QED) is 0.464. The summed E-state index contributed by atoms with van der Waals surface area (Å²) >= 11 is 0. The summed E-state index contributed by atoms with van der Waals surface area (Å²) in [7, 11) is -8.35. The van der Waals surface area contributed by atoms with Crippen LogP contribution in [0.1, 0.15) is 25.3 Å². The number of hydrogen-bond acceptors (Lipinski definition) is 5. The first kappa shape index (κ1) is 20.3. The maximum atomic E-state index is 13.5. The number of benzene rings is 2. The first-order valence-electron chi connectivity index (χ1n) is 9.35. The molecular formula is C22H20N2O4S2. The molecule has 0 fully saturated rings. The highest BCUT2D eigenvalue weighted by Crippen LogP contribution is 2.32. The van der Waals surface area contributed by atoms with Crippen molar-refractivity contribution in [1.82, 2.24) is 8.96 Å². The average Bonchev–Trinajstić information content (AvgIpc) is 3.16. The molecule has 154 valence electrons. The zero-order valence-electron chi connectivity index (χ0n) is 16.4. The van der Waals surface area contributed by atoms with Gasteiger partial charge in [0.2, 0.25) is 9.84 Å². The van der Waals surface area contributed by atoms with Gasteiger partial charge in [0.25, 0.3) is 10.0 Å². The maximum absolute atomic E-state index is 13.5. The fourth-order valence-corrected chi connectivity index (χ4v) is 6.56. The molecule has 8 heteroatoms. The van der Waals surface area contributed by atoms with Crippen LogP contribution in [0.4, 0.5) is 0 Å². The van der Waals surface area contributed by atoms with Crippen molar-refractivity contribution in [2.24, 2.45) is 0 Å². The predicted octanol–water partition coefficient (Wildman–Crippen LogP) is 4.23. The minimum atomic E-state index is -4.24. The van der Waals surface area contributed by atoms with Crippen molar-refractivity contribution in [1.29, 1.82) is 0 Å². The van der Waals surface area contributed by atoms with Gasteiger partial charge in [0, 0.05) is 11.6 Å². The van der Waals surface area contributed by atoms with Crippen LogP contribution in [0.25, 0.3) is 10.9 Å². The summed E-state index contributed by atoms with van der Waals surface area (Å²) in [5.74, 6) is 0.248. The van der Waals surface area contributed by atoms with Crippen LogP contribution in [0.3, 0.4) is 0 Å². The van der Waals surface area contributed by atoms with Gasteiger partial charge in [-0.3, -0.25) is 0 Å². The van der Waals surface area contributed by atoms with E-state index in [1.807, 2.05) is 13.8 Å². The SMILES string of the molecule is CC(C)c1ccc(S(=O)(=O)c2cc3ccccc3n2S(=O)(=O)c2ccccn2)cc1. The van der Waals surface area contributed by atoms with Gasteiger partial charge in [-0.25, -0.2) is 17.4 Å². The van der Waals surface area contributed by atoms with Crippen molar-refractivity contribution in [3.63, 3.8) is 0 Å². The van der Waals surface area contributed by atoms with E-state index in [-0.39, 0.29) is 26.4 Å². The normalized spacial score (nSPS) is 12.5. The van der Waals surface area contributed by atoms with Crippen molar-refractivity contribution in [2.45, 2.75) is 34.7 Å². The summed E-state index contributed by atoms with van der Waals surface area (Å²) in [6, 6.07) is 19.1. The molecule has 0 N–H and O–H groups in total. The smallest absolute Gasteiger partial charge is 0.243 e. The van der Waals surface area contributed by atoms with Crippen LogP contribution in [0.5, 0.6) is 0 Å². The molecule has 0 unspecified atom stereocenters. The van der Waals surface area contributed by atoms with Crippen LogP contribution >= 0.6 is 0 Å². The minimum Gasteiger partial charge on any atom is -0.243 e. The second kappa shape index (κ2) is 7.37. The summed E-state index contributed by atoms with van der Waals surface area (Å²) in [6.07, 6.45) is 1.36. The standard InChI is InChI=1S/C22H20N2O4S2/c1-16(2)17-10-12-19(13-11-17)29(25,26)22-15-18-7-3-4-8-20(18)24(22)30(27,28)21-9-5-6-14-23-21/h3-16H,1-2H3. The molecule has 0 aliphatic rings. The van der Waals surface area contributed by atoms with E-state index in [2.05, 4.69) is 4.98 Å². The number of sulfone groups is 1.